The summed E-state index contributed by atoms with van der Waals surface area (Å²) in [6, 6.07) is 18.1. The minimum absolute atomic E-state index is 0.0653. The van der Waals surface area contributed by atoms with Gasteiger partial charge >= 0.3 is 22.1 Å². The maximum absolute atomic E-state index is 12.6. The van der Waals surface area contributed by atoms with Crippen LogP contribution in [0.3, 0.4) is 0 Å². The number of carbonyl (C=O) groups excluding carboxylic acids is 1. The van der Waals surface area contributed by atoms with Crippen molar-refractivity contribution in [2.75, 3.05) is 7.11 Å². The maximum atomic E-state index is 12.6. The van der Waals surface area contributed by atoms with E-state index in [9.17, 15) is 18.0 Å². The molecule has 0 aliphatic carbocycles. The van der Waals surface area contributed by atoms with Gasteiger partial charge in [0.15, 0.2) is 0 Å². The lowest BCUT2D eigenvalue weighted by molar-refractivity contribution is 0.0595. The molecule has 0 radical (unpaired) electrons. The number of carbonyl (C=O) groups is 2. The first kappa shape index (κ1) is 20.1. The number of hydrogen-bond donors (Lipinski definition) is 1. The number of carboxylic acids is 1. The quantitative estimate of drug-likeness (QED) is 0.487. The summed E-state index contributed by atoms with van der Waals surface area (Å²) in [4.78, 5) is 22.5. The minimum Gasteiger partial charge on any atom is -0.478 e. The summed E-state index contributed by atoms with van der Waals surface area (Å²) in [7, 11) is -3.10. The Bertz CT molecular complexity index is 1150. The van der Waals surface area contributed by atoms with Crippen molar-refractivity contribution >= 4 is 22.1 Å². The third kappa shape index (κ3) is 4.44. The first-order chi connectivity index (χ1) is 13.8. The van der Waals surface area contributed by atoms with E-state index >= 15 is 0 Å². The van der Waals surface area contributed by atoms with E-state index in [1.54, 1.807) is 24.3 Å². The molecule has 0 aliphatic heterocycles. The van der Waals surface area contributed by atoms with Crippen molar-refractivity contribution in [2.45, 2.75) is 4.90 Å². The molecule has 0 bridgehead atoms. The summed E-state index contributed by atoms with van der Waals surface area (Å²) in [6.45, 7) is 0. The molecule has 29 heavy (non-hydrogen) atoms. The normalized spacial score (nSPS) is 10.9. The first-order valence-electron chi connectivity index (χ1n) is 8.37. The molecule has 0 aromatic heterocycles. The van der Waals surface area contributed by atoms with Gasteiger partial charge in [0.05, 0.1) is 18.2 Å². The fourth-order valence-corrected chi connectivity index (χ4v) is 3.76. The van der Waals surface area contributed by atoms with Crippen molar-refractivity contribution in [1.29, 1.82) is 0 Å². The van der Waals surface area contributed by atoms with Gasteiger partial charge in [0.25, 0.3) is 0 Å². The Hall–Kier alpha value is -3.65. The van der Waals surface area contributed by atoms with Crippen LogP contribution in [0.1, 0.15) is 20.7 Å². The zero-order chi connectivity index (χ0) is 21.0. The van der Waals surface area contributed by atoms with Gasteiger partial charge in [-0.3, -0.25) is 0 Å². The highest BCUT2D eigenvalue weighted by Crippen LogP contribution is 2.26. The smallest absolute Gasteiger partial charge is 0.340 e. The van der Waals surface area contributed by atoms with E-state index in [2.05, 4.69) is 4.74 Å². The molecule has 0 atom stereocenters. The molecular formula is C21H16O7S. The lowest BCUT2D eigenvalue weighted by atomic mass is 10.0. The molecule has 148 valence electrons. The van der Waals surface area contributed by atoms with Gasteiger partial charge in [0.1, 0.15) is 10.6 Å². The van der Waals surface area contributed by atoms with Crippen LogP contribution in [0.4, 0.5) is 0 Å². The van der Waals surface area contributed by atoms with Gasteiger partial charge in [-0.05, 0) is 47.5 Å². The van der Waals surface area contributed by atoms with E-state index in [0.717, 1.165) is 18.2 Å². The van der Waals surface area contributed by atoms with E-state index in [0.29, 0.717) is 0 Å². The van der Waals surface area contributed by atoms with Gasteiger partial charge in [-0.15, -0.1) is 0 Å². The summed E-state index contributed by atoms with van der Waals surface area (Å²) in [5, 5.41) is 8.95. The molecule has 0 fully saturated rings. The molecule has 1 N–H and O–H groups in total. The Balaban J connectivity index is 1.84. The van der Waals surface area contributed by atoms with Crippen LogP contribution in [0.5, 0.6) is 5.75 Å². The molecule has 0 spiro atoms. The predicted octanol–water partition coefficient (Wildman–Crippen LogP) is 3.61. The number of carboxylic acid groups (broad SMARTS) is 1. The highest BCUT2D eigenvalue weighted by Gasteiger charge is 2.24. The molecule has 7 nitrogen and oxygen atoms in total. The molecule has 3 aromatic carbocycles. The van der Waals surface area contributed by atoms with E-state index in [1.807, 2.05) is 0 Å². The van der Waals surface area contributed by atoms with E-state index in [-0.39, 0.29) is 21.8 Å². The van der Waals surface area contributed by atoms with Gasteiger partial charge in [0, 0.05) is 0 Å². The summed E-state index contributed by atoms with van der Waals surface area (Å²) >= 11 is 0. The molecular weight excluding hydrogens is 396 g/mol. The zero-order valence-corrected chi connectivity index (χ0v) is 16.0. The SMILES string of the molecule is COC(=O)c1ccccc1S(=O)(=O)Oc1ccc(-c2ccc(C(=O)O)cc2)cc1. The van der Waals surface area contributed by atoms with Crippen molar-refractivity contribution in [3.8, 4) is 16.9 Å². The number of hydrogen-bond acceptors (Lipinski definition) is 6. The number of rotatable bonds is 6. The Morgan fingerprint density at radius 2 is 1.38 bits per heavy atom. The molecule has 3 aromatic rings. The van der Waals surface area contributed by atoms with Crippen LogP contribution in [-0.2, 0) is 14.9 Å². The monoisotopic (exact) mass is 412 g/mol. The Labute approximate surface area is 167 Å². The third-order valence-corrected chi connectivity index (χ3v) is 5.39. The minimum atomic E-state index is -4.26. The van der Waals surface area contributed by atoms with E-state index in [4.69, 9.17) is 9.29 Å². The fourth-order valence-electron chi connectivity index (χ4n) is 2.64. The van der Waals surface area contributed by atoms with Gasteiger partial charge in [-0.2, -0.15) is 8.42 Å². The average molecular weight is 412 g/mol. The summed E-state index contributed by atoms with van der Waals surface area (Å²) in [5.41, 5.74) is 1.57. The van der Waals surface area contributed by atoms with E-state index < -0.39 is 22.1 Å². The zero-order valence-electron chi connectivity index (χ0n) is 15.2. The molecule has 0 saturated heterocycles. The predicted molar refractivity (Wildman–Crippen MR) is 104 cm³/mol. The molecule has 8 heteroatoms. The molecule has 3 rings (SSSR count). The lowest BCUT2D eigenvalue weighted by Gasteiger charge is -2.11. The van der Waals surface area contributed by atoms with Crippen LogP contribution < -0.4 is 4.18 Å². The van der Waals surface area contributed by atoms with Crippen LogP contribution in [0, 0.1) is 0 Å². The van der Waals surface area contributed by atoms with Crippen molar-refractivity contribution in [3.63, 3.8) is 0 Å². The summed E-state index contributed by atoms with van der Waals surface area (Å²) < 4.78 is 35.0. The van der Waals surface area contributed by atoms with Crippen molar-refractivity contribution < 1.29 is 32.0 Å². The first-order valence-corrected chi connectivity index (χ1v) is 9.78. The molecule has 0 saturated carbocycles. The fraction of sp³-hybridized carbons (Fsp3) is 0.0476. The maximum Gasteiger partial charge on any atom is 0.340 e. The van der Waals surface area contributed by atoms with Crippen molar-refractivity contribution in [2.24, 2.45) is 0 Å². The Kier molecular flexibility index (Phi) is 5.65. The van der Waals surface area contributed by atoms with E-state index in [1.165, 1.54) is 48.5 Å². The van der Waals surface area contributed by atoms with Crippen LogP contribution in [-0.4, -0.2) is 32.6 Å². The Morgan fingerprint density at radius 3 is 1.93 bits per heavy atom. The number of methoxy groups -OCH3 is 1. The molecule has 0 aliphatic rings. The molecule has 0 heterocycles. The number of benzene rings is 3. The van der Waals surface area contributed by atoms with Crippen molar-refractivity contribution in [3.05, 3.63) is 83.9 Å². The highest BCUT2D eigenvalue weighted by atomic mass is 32.2. The lowest BCUT2D eigenvalue weighted by Crippen LogP contribution is -2.15. The van der Waals surface area contributed by atoms with Crippen LogP contribution >= 0.6 is 0 Å². The topological polar surface area (TPSA) is 107 Å². The molecule has 0 unspecified atom stereocenters. The van der Waals surface area contributed by atoms with Gasteiger partial charge in [-0.25, -0.2) is 9.59 Å². The second kappa shape index (κ2) is 8.15. The number of aromatic carboxylic acids is 1. The number of ether oxygens (including phenoxy) is 1. The van der Waals surface area contributed by atoms with Gasteiger partial charge in [-0.1, -0.05) is 36.4 Å². The number of esters is 1. The average Bonchev–Trinajstić information content (AvgIpc) is 2.73. The second-order valence-corrected chi connectivity index (χ2v) is 7.45. The van der Waals surface area contributed by atoms with Crippen LogP contribution in [0.25, 0.3) is 11.1 Å². The summed E-state index contributed by atoms with van der Waals surface area (Å²) in [6.07, 6.45) is 0. The second-order valence-electron chi connectivity index (χ2n) is 5.93. The Morgan fingerprint density at radius 1 is 0.828 bits per heavy atom. The third-order valence-electron chi connectivity index (χ3n) is 4.09. The molecule has 0 amide bonds. The van der Waals surface area contributed by atoms with Crippen molar-refractivity contribution in [1.82, 2.24) is 0 Å². The largest absolute Gasteiger partial charge is 0.478 e. The van der Waals surface area contributed by atoms with Crippen LogP contribution in [0.2, 0.25) is 0 Å². The summed E-state index contributed by atoms with van der Waals surface area (Å²) in [5.74, 6) is -1.73. The standard InChI is InChI=1S/C21H16O7S/c1-27-21(24)18-4-2-3-5-19(18)29(25,26)28-17-12-10-15(11-13-17)14-6-8-16(9-7-14)20(22)23/h2-13H,1H3,(H,22,23). The van der Waals surface area contributed by atoms with Crippen LogP contribution in [0.15, 0.2) is 77.7 Å². The van der Waals surface area contributed by atoms with Gasteiger partial charge < -0.3 is 14.0 Å². The van der Waals surface area contributed by atoms with Gasteiger partial charge in [0.2, 0.25) is 0 Å². The highest BCUT2D eigenvalue weighted by molar-refractivity contribution is 7.87.